The van der Waals surface area contributed by atoms with Gasteiger partial charge in [0.05, 0.1) is 0 Å². The van der Waals surface area contributed by atoms with Gasteiger partial charge in [-0.05, 0) is 36.5 Å². The molecule has 0 spiro atoms. The minimum Gasteiger partial charge on any atom is -0.378 e. The van der Waals surface area contributed by atoms with Crippen molar-refractivity contribution in [3.8, 4) is 0 Å². The highest BCUT2D eigenvalue weighted by molar-refractivity contribution is 14.0. The van der Waals surface area contributed by atoms with Crippen LogP contribution in [-0.2, 0) is 6.54 Å². The van der Waals surface area contributed by atoms with Crippen molar-refractivity contribution < 1.29 is 0 Å². The topological polar surface area (TPSA) is 30.9 Å². The minimum atomic E-state index is 0. The van der Waals surface area contributed by atoms with Crippen molar-refractivity contribution in [3.63, 3.8) is 0 Å². The van der Waals surface area contributed by atoms with Crippen molar-refractivity contribution in [2.75, 3.05) is 39.1 Å². The summed E-state index contributed by atoms with van der Waals surface area (Å²) in [7, 11) is 6.01. The van der Waals surface area contributed by atoms with E-state index in [0.717, 1.165) is 31.5 Å². The molecule has 1 heterocycles. The molecule has 5 heteroatoms. The number of rotatable bonds is 3. The van der Waals surface area contributed by atoms with E-state index < -0.39 is 0 Å². The molecule has 1 fully saturated rings. The number of piperidine rings is 1. The second kappa shape index (κ2) is 9.22. The molecule has 0 aromatic heterocycles. The van der Waals surface area contributed by atoms with Crippen LogP contribution >= 0.6 is 24.0 Å². The van der Waals surface area contributed by atoms with Crippen LogP contribution in [0.15, 0.2) is 29.3 Å². The van der Waals surface area contributed by atoms with Crippen LogP contribution in [0.25, 0.3) is 0 Å². The summed E-state index contributed by atoms with van der Waals surface area (Å²) in [5.41, 5.74) is 2.52. The van der Waals surface area contributed by atoms with E-state index in [4.69, 9.17) is 0 Å². The fourth-order valence-electron chi connectivity index (χ4n) is 2.84. The van der Waals surface area contributed by atoms with E-state index >= 15 is 0 Å². The SMILES string of the molecule is CN=C(NCc1cccc(N(C)C)c1)N1CCCC(C)C1.I. The second-order valence-electron chi connectivity index (χ2n) is 6.16. The molecule has 124 valence electrons. The third kappa shape index (κ3) is 5.34. The lowest BCUT2D eigenvalue weighted by Crippen LogP contribution is -2.45. The van der Waals surface area contributed by atoms with Crippen LogP contribution in [0.5, 0.6) is 0 Å². The lowest BCUT2D eigenvalue weighted by molar-refractivity contribution is 0.266. The number of nitrogens with zero attached hydrogens (tertiary/aromatic N) is 3. The number of hydrogen-bond acceptors (Lipinski definition) is 2. The molecule has 1 aromatic carbocycles. The molecule has 0 aliphatic carbocycles. The predicted molar refractivity (Wildman–Crippen MR) is 106 cm³/mol. The van der Waals surface area contributed by atoms with E-state index in [2.05, 4.69) is 65.4 Å². The minimum absolute atomic E-state index is 0. The first kappa shape index (κ1) is 19.1. The van der Waals surface area contributed by atoms with Crippen molar-refractivity contribution >= 4 is 35.6 Å². The largest absolute Gasteiger partial charge is 0.378 e. The summed E-state index contributed by atoms with van der Waals surface area (Å²) in [4.78, 5) is 8.95. The van der Waals surface area contributed by atoms with Crippen LogP contribution < -0.4 is 10.2 Å². The van der Waals surface area contributed by atoms with Gasteiger partial charge in [0.2, 0.25) is 0 Å². The van der Waals surface area contributed by atoms with Crippen molar-refractivity contribution in [3.05, 3.63) is 29.8 Å². The molecule has 0 amide bonds. The Morgan fingerprint density at radius 2 is 2.18 bits per heavy atom. The summed E-state index contributed by atoms with van der Waals surface area (Å²) < 4.78 is 0. The molecule has 1 aromatic rings. The number of guanidine groups is 1. The molecular weight excluding hydrogens is 387 g/mol. The van der Waals surface area contributed by atoms with Crippen molar-refractivity contribution in [2.45, 2.75) is 26.3 Å². The summed E-state index contributed by atoms with van der Waals surface area (Å²) in [6, 6.07) is 8.62. The van der Waals surface area contributed by atoms with Crippen LogP contribution in [0.1, 0.15) is 25.3 Å². The number of anilines is 1. The van der Waals surface area contributed by atoms with Gasteiger partial charge >= 0.3 is 0 Å². The smallest absolute Gasteiger partial charge is 0.193 e. The quantitative estimate of drug-likeness (QED) is 0.467. The Hall–Kier alpha value is -0.980. The summed E-state index contributed by atoms with van der Waals surface area (Å²) in [5.74, 6) is 1.78. The average molecular weight is 416 g/mol. The number of nitrogens with one attached hydrogen (secondary N) is 1. The molecule has 1 aliphatic heterocycles. The van der Waals surface area contributed by atoms with Gasteiger partial charge in [-0.15, -0.1) is 24.0 Å². The predicted octanol–water partition coefficient (Wildman–Crippen LogP) is 3.18. The Bertz CT molecular complexity index is 487. The third-order valence-corrected chi connectivity index (χ3v) is 4.05. The van der Waals surface area contributed by atoms with Crippen LogP contribution in [0.3, 0.4) is 0 Å². The van der Waals surface area contributed by atoms with E-state index in [1.165, 1.54) is 24.1 Å². The molecular formula is C17H29IN4. The fourth-order valence-corrected chi connectivity index (χ4v) is 2.84. The van der Waals surface area contributed by atoms with Crippen LogP contribution in [0.2, 0.25) is 0 Å². The number of aliphatic imine (C=N–C) groups is 1. The Morgan fingerprint density at radius 3 is 2.82 bits per heavy atom. The van der Waals surface area contributed by atoms with Crippen molar-refractivity contribution in [2.24, 2.45) is 10.9 Å². The van der Waals surface area contributed by atoms with Gasteiger partial charge in [-0.3, -0.25) is 4.99 Å². The van der Waals surface area contributed by atoms with Gasteiger partial charge in [0.25, 0.3) is 0 Å². The molecule has 1 unspecified atom stereocenters. The van der Waals surface area contributed by atoms with E-state index in [-0.39, 0.29) is 24.0 Å². The van der Waals surface area contributed by atoms with E-state index in [9.17, 15) is 0 Å². The van der Waals surface area contributed by atoms with Crippen LogP contribution in [-0.4, -0.2) is 45.1 Å². The van der Waals surface area contributed by atoms with Gasteiger partial charge in [-0.1, -0.05) is 19.1 Å². The van der Waals surface area contributed by atoms with E-state index in [0.29, 0.717) is 0 Å². The van der Waals surface area contributed by atoms with E-state index in [1.54, 1.807) is 0 Å². The van der Waals surface area contributed by atoms with Crippen molar-refractivity contribution in [1.82, 2.24) is 10.2 Å². The van der Waals surface area contributed by atoms with Gasteiger partial charge in [0, 0.05) is 46.5 Å². The summed E-state index contributed by atoms with van der Waals surface area (Å²) in [6.07, 6.45) is 2.59. The Balaban J connectivity index is 0.00000242. The maximum Gasteiger partial charge on any atom is 0.193 e. The highest BCUT2D eigenvalue weighted by atomic mass is 127. The lowest BCUT2D eigenvalue weighted by Gasteiger charge is -2.33. The highest BCUT2D eigenvalue weighted by Crippen LogP contribution is 2.16. The molecule has 1 aliphatic rings. The Labute approximate surface area is 152 Å². The van der Waals surface area contributed by atoms with Gasteiger partial charge in [0.1, 0.15) is 0 Å². The van der Waals surface area contributed by atoms with Crippen LogP contribution in [0.4, 0.5) is 5.69 Å². The van der Waals surface area contributed by atoms with Gasteiger partial charge in [0.15, 0.2) is 5.96 Å². The standard InChI is InChI=1S/C17H28N4.HI/c1-14-7-6-10-21(13-14)17(18-2)19-12-15-8-5-9-16(11-15)20(3)4;/h5,8-9,11,14H,6-7,10,12-13H2,1-4H3,(H,18,19);1H. The van der Waals surface area contributed by atoms with E-state index in [1.807, 2.05) is 7.05 Å². The molecule has 4 nitrogen and oxygen atoms in total. The molecule has 1 saturated heterocycles. The second-order valence-corrected chi connectivity index (χ2v) is 6.16. The molecule has 0 bridgehead atoms. The number of benzene rings is 1. The van der Waals surface area contributed by atoms with Gasteiger partial charge in [-0.25, -0.2) is 0 Å². The molecule has 1 N–H and O–H groups in total. The maximum absolute atomic E-state index is 4.44. The van der Waals surface area contributed by atoms with Crippen molar-refractivity contribution in [1.29, 1.82) is 0 Å². The summed E-state index contributed by atoms with van der Waals surface area (Å²) in [6.45, 7) is 5.36. The highest BCUT2D eigenvalue weighted by Gasteiger charge is 2.18. The molecule has 0 saturated carbocycles. The van der Waals surface area contributed by atoms with Gasteiger partial charge in [-0.2, -0.15) is 0 Å². The van der Waals surface area contributed by atoms with Crippen LogP contribution in [0, 0.1) is 5.92 Å². The Kier molecular flexibility index (Phi) is 8.00. The molecule has 1 atom stereocenters. The third-order valence-electron chi connectivity index (χ3n) is 4.05. The zero-order chi connectivity index (χ0) is 15.2. The zero-order valence-corrected chi connectivity index (χ0v) is 16.5. The number of halogens is 1. The zero-order valence-electron chi connectivity index (χ0n) is 14.2. The normalized spacial score (nSPS) is 18.6. The number of likely N-dealkylation sites (tertiary alicyclic amines) is 1. The monoisotopic (exact) mass is 416 g/mol. The molecule has 22 heavy (non-hydrogen) atoms. The van der Waals surface area contributed by atoms with Gasteiger partial charge < -0.3 is 15.1 Å². The molecule has 0 radical (unpaired) electrons. The molecule has 2 rings (SSSR count). The lowest BCUT2D eigenvalue weighted by atomic mass is 10.0. The first-order valence-electron chi connectivity index (χ1n) is 7.82. The fraction of sp³-hybridized carbons (Fsp3) is 0.588. The Morgan fingerprint density at radius 1 is 1.41 bits per heavy atom. The summed E-state index contributed by atoms with van der Waals surface area (Å²) >= 11 is 0. The average Bonchev–Trinajstić information content (AvgIpc) is 2.48. The first-order valence-corrected chi connectivity index (χ1v) is 7.82. The maximum atomic E-state index is 4.44. The number of hydrogen-bond donors (Lipinski definition) is 1. The first-order chi connectivity index (χ1) is 10.1. The summed E-state index contributed by atoms with van der Waals surface area (Å²) in [5, 5.41) is 3.50.